The molecule has 0 bridgehead atoms. The Kier molecular flexibility index (Phi) is 6.83. The van der Waals surface area contributed by atoms with Crippen LogP contribution >= 0.6 is 11.8 Å². The van der Waals surface area contributed by atoms with E-state index < -0.39 is 11.8 Å². The first-order valence-corrected chi connectivity index (χ1v) is 12.1. The number of fused-ring (bicyclic) bond motifs is 1. The fourth-order valence-electron chi connectivity index (χ4n) is 4.46. The standard InChI is InChI=1S/C24H30N4O2S/c1-27-13-10-18-14-17(8-9-21(18)27)22(28-11-3-4-12-28)16-25-23(29)24(30)26-19-6-5-7-20(15-19)31-2/h5-9,14-15,22H,3-4,10-13,16H2,1-2H3,(H,25,29)(H,26,30)/t22-/m1/s1. The van der Waals surface area contributed by atoms with Gasteiger partial charge in [0.25, 0.3) is 0 Å². The fourth-order valence-corrected chi connectivity index (χ4v) is 4.92. The zero-order valence-electron chi connectivity index (χ0n) is 18.2. The molecule has 2 aromatic carbocycles. The molecule has 2 heterocycles. The van der Waals surface area contributed by atoms with Gasteiger partial charge in [-0.3, -0.25) is 14.5 Å². The highest BCUT2D eigenvalue weighted by molar-refractivity contribution is 7.98. The molecule has 7 heteroatoms. The molecule has 1 atom stereocenters. The van der Waals surface area contributed by atoms with Gasteiger partial charge in [0, 0.05) is 36.4 Å². The molecule has 2 amide bonds. The third-order valence-corrected chi connectivity index (χ3v) is 6.91. The van der Waals surface area contributed by atoms with Gasteiger partial charge >= 0.3 is 11.8 Å². The number of carbonyl (C=O) groups excluding carboxylic acids is 2. The molecule has 2 aromatic rings. The summed E-state index contributed by atoms with van der Waals surface area (Å²) in [7, 11) is 2.12. The minimum atomic E-state index is -0.631. The zero-order valence-corrected chi connectivity index (χ0v) is 19.0. The van der Waals surface area contributed by atoms with Gasteiger partial charge in [0.05, 0.1) is 6.04 Å². The summed E-state index contributed by atoms with van der Waals surface area (Å²) in [4.78, 5) is 30.7. The maximum Gasteiger partial charge on any atom is 0.313 e. The molecule has 0 aromatic heterocycles. The number of likely N-dealkylation sites (N-methyl/N-ethyl adjacent to an activating group) is 1. The number of thioether (sulfide) groups is 1. The quantitative estimate of drug-likeness (QED) is 0.535. The first-order valence-electron chi connectivity index (χ1n) is 10.9. The van der Waals surface area contributed by atoms with Gasteiger partial charge in [0.1, 0.15) is 0 Å². The normalized spacial score (nSPS) is 16.8. The van der Waals surface area contributed by atoms with E-state index in [-0.39, 0.29) is 6.04 Å². The van der Waals surface area contributed by atoms with Crippen molar-refractivity contribution >= 4 is 35.0 Å². The van der Waals surface area contributed by atoms with Gasteiger partial charge in [-0.2, -0.15) is 0 Å². The first kappa shape index (κ1) is 21.7. The summed E-state index contributed by atoms with van der Waals surface area (Å²) >= 11 is 1.59. The van der Waals surface area contributed by atoms with Crippen LogP contribution in [0.5, 0.6) is 0 Å². The first-order chi connectivity index (χ1) is 15.0. The molecule has 2 aliphatic heterocycles. The van der Waals surface area contributed by atoms with Crippen LogP contribution in [0.15, 0.2) is 47.4 Å². The molecular formula is C24H30N4O2S. The summed E-state index contributed by atoms with van der Waals surface area (Å²) < 4.78 is 0. The predicted molar refractivity (Wildman–Crippen MR) is 127 cm³/mol. The van der Waals surface area contributed by atoms with E-state index in [1.807, 2.05) is 24.5 Å². The van der Waals surface area contributed by atoms with Crippen molar-refractivity contribution in [1.82, 2.24) is 10.2 Å². The van der Waals surface area contributed by atoms with Crippen LogP contribution < -0.4 is 15.5 Å². The molecule has 0 unspecified atom stereocenters. The van der Waals surface area contributed by atoms with E-state index in [0.717, 1.165) is 31.0 Å². The number of nitrogens with zero attached hydrogens (tertiary/aromatic N) is 2. The van der Waals surface area contributed by atoms with Crippen LogP contribution in [0.1, 0.15) is 30.0 Å². The smallest absolute Gasteiger partial charge is 0.313 e. The second-order valence-electron chi connectivity index (χ2n) is 8.21. The Morgan fingerprint density at radius 3 is 2.65 bits per heavy atom. The molecular weight excluding hydrogens is 408 g/mol. The number of hydrogen-bond acceptors (Lipinski definition) is 5. The van der Waals surface area contributed by atoms with Crippen molar-refractivity contribution in [2.24, 2.45) is 0 Å². The van der Waals surface area contributed by atoms with E-state index >= 15 is 0 Å². The van der Waals surface area contributed by atoms with Gasteiger partial charge in [-0.05, 0) is 74.0 Å². The van der Waals surface area contributed by atoms with Gasteiger partial charge in [-0.25, -0.2) is 0 Å². The summed E-state index contributed by atoms with van der Waals surface area (Å²) in [5.41, 5.74) is 4.50. The molecule has 31 heavy (non-hydrogen) atoms. The number of likely N-dealkylation sites (tertiary alicyclic amines) is 1. The van der Waals surface area contributed by atoms with Crippen molar-refractivity contribution in [2.45, 2.75) is 30.2 Å². The van der Waals surface area contributed by atoms with Crippen molar-refractivity contribution in [3.63, 3.8) is 0 Å². The molecule has 0 spiro atoms. The van der Waals surface area contributed by atoms with E-state index in [1.54, 1.807) is 17.8 Å². The Morgan fingerprint density at radius 2 is 1.87 bits per heavy atom. The van der Waals surface area contributed by atoms with Gasteiger partial charge in [0.15, 0.2) is 0 Å². The van der Waals surface area contributed by atoms with Crippen LogP contribution in [0.4, 0.5) is 11.4 Å². The van der Waals surface area contributed by atoms with Crippen LogP contribution in [0.2, 0.25) is 0 Å². The van der Waals surface area contributed by atoms with Crippen LogP contribution in [0, 0.1) is 0 Å². The van der Waals surface area contributed by atoms with Crippen molar-refractivity contribution < 1.29 is 9.59 Å². The molecule has 2 N–H and O–H groups in total. The summed E-state index contributed by atoms with van der Waals surface area (Å²) in [6.45, 7) is 3.50. The summed E-state index contributed by atoms with van der Waals surface area (Å²) in [5, 5.41) is 5.58. The SMILES string of the molecule is CSc1cccc(NC(=O)C(=O)NC[C@H](c2ccc3c(c2)CCN3C)N2CCCC2)c1. The van der Waals surface area contributed by atoms with Gasteiger partial charge < -0.3 is 15.5 Å². The Hall–Kier alpha value is -2.51. The molecule has 0 aliphatic carbocycles. The largest absolute Gasteiger partial charge is 0.374 e. The maximum absolute atomic E-state index is 12.5. The van der Waals surface area contributed by atoms with Crippen LogP contribution in [0.3, 0.4) is 0 Å². The summed E-state index contributed by atoms with van der Waals surface area (Å²) in [6, 6.07) is 14.2. The molecule has 164 valence electrons. The Labute approximate surface area is 188 Å². The lowest BCUT2D eigenvalue weighted by molar-refractivity contribution is -0.136. The van der Waals surface area contributed by atoms with E-state index in [1.165, 1.54) is 29.7 Å². The third kappa shape index (κ3) is 5.05. The number of anilines is 2. The topological polar surface area (TPSA) is 64.7 Å². The third-order valence-electron chi connectivity index (χ3n) is 6.19. The number of hydrogen-bond donors (Lipinski definition) is 2. The minimum Gasteiger partial charge on any atom is -0.374 e. The highest BCUT2D eigenvalue weighted by Gasteiger charge is 2.27. The lowest BCUT2D eigenvalue weighted by Crippen LogP contribution is -2.41. The van der Waals surface area contributed by atoms with Gasteiger partial charge in [-0.15, -0.1) is 11.8 Å². The number of nitrogens with one attached hydrogen (secondary N) is 2. The fraction of sp³-hybridized carbons (Fsp3) is 0.417. The zero-order chi connectivity index (χ0) is 21.8. The Morgan fingerprint density at radius 1 is 1.06 bits per heavy atom. The number of amides is 2. The molecule has 6 nitrogen and oxygen atoms in total. The lowest BCUT2D eigenvalue weighted by Gasteiger charge is -2.28. The van der Waals surface area contributed by atoms with E-state index in [2.05, 4.69) is 45.7 Å². The van der Waals surface area contributed by atoms with Gasteiger partial charge in [0.2, 0.25) is 0 Å². The number of carbonyl (C=O) groups is 2. The molecule has 1 saturated heterocycles. The second kappa shape index (κ2) is 9.75. The van der Waals surface area contributed by atoms with Gasteiger partial charge in [-0.1, -0.05) is 18.2 Å². The summed E-state index contributed by atoms with van der Waals surface area (Å²) in [5.74, 6) is -1.23. The predicted octanol–water partition coefficient (Wildman–Crippen LogP) is 3.29. The molecule has 0 radical (unpaired) electrons. The average Bonchev–Trinajstić information content (AvgIpc) is 3.44. The van der Waals surface area contributed by atoms with Crippen molar-refractivity contribution in [1.29, 1.82) is 0 Å². The molecule has 4 rings (SSSR count). The Balaban J connectivity index is 1.43. The number of benzene rings is 2. The van der Waals surface area contributed by atoms with Crippen LogP contribution in [0.25, 0.3) is 0 Å². The highest BCUT2D eigenvalue weighted by Crippen LogP contribution is 2.32. The second-order valence-corrected chi connectivity index (χ2v) is 9.09. The van der Waals surface area contributed by atoms with Crippen molar-refractivity contribution in [3.8, 4) is 0 Å². The van der Waals surface area contributed by atoms with Crippen LogP contribution in [-0.4, -0.2) is 56.2 Å². The maximum atomic E-state index is 12.5. The van der Waals surface area contributed by atoms with E-state index in [4.69, 9.17) is 0 Å². The van der Waals surface area contributed by atoms with E-state index in [9.17, 15) is 9.59 Å². The van der Waals surface area contributed by atoms with E-state index in [0.29, 0.717) is 12.2 Å². The van der Waals surface area contributed by atoms with Crippen molar-refractivity contribution in [3.05, 3.63) is 53.6 Å². The monoisotopic (exact) mass is 438 g/mol. The lowest BCUT2D eigenvalue weighted by atomic mass is 10.0. The highest BCUT2D eigenvalue weighted by atomic mass is 32.2. The molecule has 1 fully saturated rings. The van der Waals surface area contributed by atoms with Crippen molar-refractivity contribution in [2.75, 3.05) is 49.7 Å². The summed E-state index contributed by atoms with van der Waals surface area (Å²) in [6.07, 6.45) is 5.37. The minimum absolute atomic E-state index is 0.0790. The van der Waals surface area contributed by atoms with Crippen LogP contribution in [-0.2, 0) is 16.0 Å². The number of rotatable bonds is 6. The average molecular weight is 439 g/mol. The molecule has 0 saturated carbocycles. The Bertz CT molecular complexity index is 958. The molecule has 2 aliphatic rings.